The molecule has 2 rings (SSSR count). The number of hydrogen-bond donors (Lipinski definition) is 1. The van der Waals surface area contributed by atoms with Crippen molar-refractivity contribution in [1.82, 2.24) is 9.88 Å². The molecule has 0 amide bonds. The van der Waals surface area contributed by atoms with Crippen LogP contribution in [0, 0.1) is 0 Å². The van der Waals surface area contributed by atoms with E-state index in [0.29, 0.717) is 26.2 Å². The molecule has 1 aromatic rings. The van der Waals surface area contributed by atoms with Crippen molar-refractivity contribution in [3.05, 3.63) is 24.0 Å². The Kier molecular flexibility index (Phi) is 4.49. The molecule has 0 spiro atoms. The summed E-state index contributed by atoms with van der Waals surface area (Å²) in [6, 6.07) is 3.67. The first kappa shape index (κ1) is 15.1. The van der Waals surface area contributed by atoms with Gasteiger partial charge in [-0.15, -0.1) is 0 Å². The first-order valence-electron chi connectivity index (χ1n) is 6.61. The van der Waals surface area contributed by atoms with Gasteiger partial charge in [-0.3, -0.25) is 9.88 Å². The zero-order valence-electron chi connectivity index (χ0n) is 11.4. The van der Waals surface area contributed by atoms with Crippen molar-refractivity contribution < 1.29 is 13.2 Å². The molecule has 1 aliphatic heterocycles. The van der Waals surface area contributed by atoms with Gasteiger partial charge in [0.05, 0.1) is 24.1 Å². The van der Waals surface area contributed by atoms with Crippen LogP contribution in [0.15, 0.2) is 18.3 Å². The number of hydrogen-bond acceptors (Lipinski definition) is 4. The van der Waals surface area contributed by atoms with Crippen LogP contribution in [0.5, 0.6) is 0 Å². The van der Waals surface area contributed by atoms with Gasteiger partial charge in [-0.2, -0.15) is 13.2 Å². The van der Waals surface area contributed by atoms with Crippen LogP contribution in [-0.4, -0.2) is 48.8 Å². The van der Waals surface area contributed by atoms with E-state index in [9.17, 15) is 13.2 Å². The minimum atomic E-state index is -4.12. The predicted molar refractivity (Wildman–Crippen MR) is 71.5 cm³/mol. The van der Waals surface area contributed by atoms with Gasteiger partial charge >= 0.3 is 6.18 Å². The van der Waals surface area contributed by atoms with E-state index in [1.54, 1.807) is 6.20 Å². The van der Waals surface area contributed by atoms with Crippen molar-refractivity contribution in [2.75, 3.05) is 37.6 Å². The van der Waals surface area contributed by atoms with E-state index < -0.39 is 12.7 Å². The van der Waals surface area contributed by atoms with E-state index in [0.717, 1.165) is 11.4 Å². The lowest BCUT2D eigenvalue weighted by molar-refractivity contribution is -0.146. The zero-order chi connectivity index (χ0) is 14.8. The second kappa shape index (κ2) is 5.97. The summed E-state index contributed by atoms with van der Waals surface area (Å²) >= 11 is 0. The Bertz CT molecular complexity index is 422. The smallest absolute Gasteiger partial charge is 0.368 e. The van der Waals surface area contributed by atoms with E-state index in [2.05, 4.69) is 4.98 Å². The fourth-order valence-corrected chi connectivity index (χ4v) is 2.27. The number of alkyl halides is 3. The molecule has 1 aliphatic rings. The van der Waals surface area contributed by atoms with Crippen LogP contribution in [0.1, 0.15) is 18.7 Å². The summed E-state index contributed by atoms with van der Waals surface area (Å²) in [7, 11) is 0. The monoisotopic (exact) mass is 288 g/mol. The Balaban J connectivity index is 1.90. The number of piperazine rings is 1. The van der Waals surface area contributed by atoms with Gasteiger partial charge in [0.25, 0.3) is 0 Å². The number of anilines is 1. The molecule has 7 heteroatoms. The lowest BCUT2D eigenvalue weighted by Crippen LogP contribution is -2.49. The number of aromatic nitrogens is 1. The summed E-state index contributed by atoms with van der Waals surface area (Å²) in [5.74, 6) is 0. The third-order valence-corrected chi connectivity index (χ3v) is 3.38. The highest BCUT2D eigenvalue weighted by atomic mass is 19.4. The second-order valence-corrected chi connectivity index (χ2v) is 5.11. The minimum absolute atomic E-state index is 0.118. The summed E-state index contributed by atoms with van der Waals surface area (Å²) in [6.07, 6.45) is -2.39. The molecule has 1 aromatic heterocycles. The molecular weight excluding hydrogens is 269 g/mol. The highest BCUT2D eigenvalue weighted by molar-refractivity contribution is 5.45. The molecule has 2 N–H and O–H groups in total. The van der Waals surface area contributed by atoms with Crippen molar-refractivity contribution in [2.45, 2.75) is 19.1 Å². The Morgan fingerprint density at radius 1 is 1.25 bits per heavy atom. The maximum Gasteiger partial charge on any atom is 0.401 e. The average molecular weight is 288 g/mol. The molecule has 0 saturated carbocycles. The van der Waals surface area contributed by atoms with E-state index in [1.165, 1.54) is 4.90 Å². The van der Waals surface area contributed by atoms with Gasteiger partial charge in [-0.25, -0.2) is 0 Å². The maximum atomic E-state index is 12.3. The molecule has 1 atom stereocenters. The molecule has 20 heavy (non-hydrogen) atoms. The molecule has 1 fully saturated rings. The van der Waals surface area contributed by atoms with E-state index >= 15 is 0 Å². The van der Waals surface area contributed by atoms with E-state index in [1.807, 2.05) is 24.0 Å². The van der Waals surface area contributed by atoms with Crippen molar-refractivity contribution in [3.8, 4) is 0 Å². The average Bonchev–Trinajstić information content (AvgIpc) is 2.38. The fraction of sp³-hybridized carbons (Fsp3) is 0.615. The second-order valence-electron chi connectivity index (χ2n) is 5.11. The molecular formula is C13H19F3N4. The first-order valence-corrected chi connectivity index (χ1v) is 6.61. The van der Waals surface area contributed by atoms with Crippen LogP contribution in [0.2, 0.25) is 0 Å². The highest BCUT2D eigenvalue weighted by Gasteiger charge is 2.32. The number of halogens is 3. The van der Waals surface area contributed by atoms with Crippen molar-refractivity contribution in [2.24, 2.45) is 5.73 Å². The fourth-order valence-electron chi connectivity index (χ4n) is 2.27. The highest BCUT2D eigenvalue weighted by Crippen LogP contribution is 2.20. The minimum Gasteiger partial charge on any atom is -0.368 e. The van der Waals surface area contributed by atoms with Gasteiger partial charge in [0, 0.05) is 32.2 Å². The Hall–Kier alpha value is -1.34. The summed E-state index contributed by atoms with van der Waals surface area (Å²) in [4.78, 5) is 7.75. The van der Waals surface area contributed by atoms with Crippen LogP contribution in [0.4, 0.5) is 18.9 Å². The van der Waals surface area contributed by atoms with Gasteiger partial charge in [-0.05, 0) is 19.1 Å². The third-order valence-electron chi connectivity index (χ3n) is 3.38. The molecule has 2 heterocycles. The van der Waals surface area contributed by atoms with Crippen molar-refractivity contribution in [1.29, 1.82) is 0 Å². The van der Waals surface area contributed by atoms with Gasteiger partial charge < -0.3 is 10.6 Å². The zero-order valence-corrected chi connectivity index (χ0v) is 11.4. The van der Waals surface area contributed by atoms with Gasteiger partial charge in [0.1, 0.15) is 0 Å². The summed E-state index contributed by atoms with van der Waals surface area (Å²) in [5, 5.41) is 0. The van der Waals surface area contributed by atoms with Crippen LogP contribution in [0.25, 0.3) is 0 Å². The molecule has 1 unspecified atom stereocenters. The van der Waals surface area contributed by atoms with Crippen molar-refractivity contribution in [3.63, 3.8) is 0 Å². The normalized spacial score (nSPS) is 19.1. The SMILES string of the molecule is CC(N)c1ccc(N2CCN(CC(F)(F)F)CC2)cn1. The third kappa shape index (κ3) is 4.08. The molecule has 4 nitrogen and oxygen atoms in total. The Morgan fingerprint density at radius 2 is 1.90 bits per heavy atom. The number of nitrogens with zero attached hydrogens (tertiary/aromatic N) is 3. The van der Waals surface area contributed by atoms with Crippen LogP contribution >= 0.6 is 0 Å². The largest absolute Gasteiger partial charge is 0.401 e. The Labute approximate surface area is 116 Å². The molecule has 0 radical (unpaired) electrons. The maximum absolute atomic E-state index is 12.3. The van der Waals surface area contributed by atoms with Crippen LogP contribution in [0.3, 0.4) is 0 Å². The summed E-state index contributed by atoms with van der Waals surface area (Å²) in [6.45, 7) is 3.01. The number of nitrogens with two attached hydrogens (primary N) is 1. The summed E-state index contributed by atoms with van der Waals surface area (Å²) < 4.78 is 36.9. The predicted octanol–water partition coefficient (Wildman–Crippen LogP) is 1.79. The quantitative estimate of drug-likeness (QED) is 0.921. The molecule has 112 valence electrons. The van der Waals surface area contributed by atoms with Gasteiger partial charge in [-0.1, -0.05) is 0 Å². The van der Waals surface area contributed by atoms with Crippen LogP contribution < -0.4 is 10.6 Å². The number of pyridine rings is 1. The van der Waals surface area contributed by atoms with Crippen LogP contribution in [-0.2, 0) is 0 Å². The topological polar surface area (TPSA) is 45.4 Å². The van der Waals surface area contributed by atoms with E-state index in [4.69, 9.17) is 5.73 Å². The lowest BCUT2D eigenvalue weighted by Gasteiger charge is -2.36. The molecule has 0 bridgehead atoms. The molecule has 0 aliphatic carbocycles. The van der Waals surface area contributed by atoms with E-state index in [-0.39, 0.29) is 6.04 Å². The van der Waals surface area contributed by atoms with Gasteiger partial charge in [0.15, 0.2) is 0 Å². The number of rotatable bonds is 3. The van der Waals surface area contributed by atoms with Crippen molar-refractivity contribution >= 4 is 5.69 Å². The molecule has 0 aromatic carbocycles. The first-order chi connectivity index (χ1) is 9.35. The summed E-state index contributed by atoms with van der Waals surface area (Å²) in [5.41, 5.74) is 7.47. The van der Waals surface area contributed by atoms with Gasteiger partial charge in [0.2, 0.25) is 0 Å². The standard InChI is InChI=1S/C13H19F3N4/c1-10(17)12-3-2-11(8-18-12)20-6-4-19(5-7-20)9-13(14,15)16/h2-3,8,10H,4-7,9,17H2,1H3. The lowest BCUT2D eigenvalue weighted by atomic mass is 10.2. The molecule has 1 saturated heterocycles. The Morgan fingerprint density at radius 3 is 2.35 bits per heavy atom.